The second-order valence-electron chi connectivity index (χ2n) is 9.45. The molecule has 0 aliphatic carbocycles. The van der Waals surface area contributed by atoms with Gasteiger partial charge in [0.25, 0.3) is 0 Å². The Morgan fingerprint density at radius 1 is 1.16 bits per heavy atom. The van der Waals surface area contributed by atoms with Crippen molar-refractivity contribution in [2.24, 2.45) is 0 Å². The number of rotatable bonds is 3. The number of piperazine rings is 2. The highest BCUT2D eigenvalue weighted by Crippen LogP contribution is 2.39. The second-order valence-corrected chi connectivity index (χ2v) is 9.45. The lowest BCUT2D eigenvalue weighted by molar-refractivity contribution is 0.0960. The van der Waals surface area contributed by atoms with E-state index in [1.165, 1.54) is 0 Å². The van der Waals surface area contributed by atoms with Gasteiger partial charge in [0.1, 0.15) is 11.6 Å². The minimum Gasteiger partial charge on any atom is -0.385 e. The molecule has 32 heavy (non-hydrogen) atoms. The molecule has 0 aromatic carbocycles. The standard InChI is InChI=1S/C23H30N8O/c1-15-18-11-19(32)17-13-25-22(28-21(17)31(18)23(2,3)14-26-15)27-20-6-5-16(12-24-20)30-9-7-29(4)8-10-30/h5-6,12-13,18,26H,1,7-11,14H2,2-4H3,(H,24,25,27,28). The minimum absolute atomic E-state index is 0.0445. The van der Waals surface area contributed by atoms with Gasteiger partial charge in [-0.15, -0.1) is 0 Å². The molecule has 2 aromatic heterocycles. The zero-order valence-electron chi connectivity index (χ0n) is 18.9. The number of carbonyl (C=O) groups excluding carboxylic acids is 1. The molecular formula is C23H30N8O. The Kier molecular flexibility index (Phi) is 5.00. The summed E-state index contributed by atoms with van der Waals surface area (Å²) in [5, 5.41) is 6.55. The van der Waals surface area contributed by atoms with Crippen LogP contribution in [0, 0.1) is 0 Å². The molecule has 3 aliphatic heterocycles. The van der Waals surface area contributed by atoms with Gasteiger partial charge in [0.15, 0.2) is 5.78 Å². The van der Waals surface area contributed by atoms with Gasteiger partial charge in [0.05, 0.1) is 29.0 Å². The Hall–Kier alpha value is -3.20. The van der Waals surface area contributed by atoms with E-state index in [9.17, 15) is 4.79 Å². The summed E-state index contributed by atoms with van der Waals surface area (Å²) in [6.45, 7) is 13.3. The van der Waals surface area contributed by atoms with E-state index in [0.29, 0.717) is 29.6 Å². The van der Waals surface area contributed by atoms with E-state index in [2.05, 4.69) is 68.8 Å². The largest absolute Gasteiger partial charge is 0.385 e. The topological polar surface area (TPSA) is 89.5 Å². The highest BCUT2D eigenvalue weighted by molar-refractivity contribution is 6.03. The molecule has 2 fully saturated rings. The van der Waals surface area contributed by atoms with Gasteiger partial charge in [-0.2, -0.15) is 4.98 Å². The summed E-state index contributed by atoms with van der Waals surface area (Å²) in [6, 6.07) is 3.91. The molecule has 5 heterocycles. The molecule has 5 rings (SSSR count). The van der Waals surface area contributed by atoms with Crippen molar-refractivity contribution < 1.29 is 4.79 Å². The fraction of sp³-hybridized carbons (Fsp3) is 0.478. The third-order valence-corrected chi connectivity index (χ3v) is 6.65. The Morgan fingerprint density at radius 2 is 1.94 bits per heavy atom. The summed E-state index contributed by atoms with van der Waals surface area (Å²) in [4.78, 5) is 33.4. The Morgan fingerprint density at radius 3 is 2.66 bits per heavy atom. The molecule has 0 bridgehead atoms. The average molecular weight is 435 g/mol. The van der Waals surface area contributed by atoms with Crippen LogP contribution in [-0.2, 0) is 0 Å². The number of carbonyl (C=O) groups is 1. The van der Waals surface area contributed by atoms with Gasteiger partial charge < -0.3 is 25.3 Å². The first-order valence-corrected chi connectivity index (χ1v) is 11.1. The summed E-state index contributed by atoms with van der Waals surface area (Å²) < 4.78 is 0. The third kappa shape index (κ3) is 3.66. The zero-order chi connectivity index (χ0) is 22.5. The Labute approximate surface area is 188 Å². The second kappa shape index (κ2) is 7.74. The van der Waals surface area contributed by atoms with Crippen LogP contribution in [0.1, 0.15) is 30.6 Å². The molecule has 0 amide bonds. The first-order chi connectivity index (χ1) is 15.3. The van der Waals surface area contributed by atoms with E-state index in [1.54, 1.807) is 6.20 Å². The van der Waals surface area contributed by atoms with Crippen LogP contribution in [0.5, 0.6) is 0 Å². The number of Topliss-reactive ketones (excluding diaryl/α,β-unsaturated/α-hetero) is 1. The van der Waals surface area contributed by atoms with Crippen LogP contribution < -0.4 is 20.4 Å². The summed E-state index contributed by atoms with van der Waals surface area (Å²) in [6.07, 6.45) is 3.89. The molecule has 0 radical (unpaired) electrons. The van der Waals surface area contributed by atoms with Crippen molar-refractivity contribution in [2.45, 2.75) is 31.8 Å². The normalized spacial score (nSPS) is 22.8. The van der Waals surface area contributed by atoms with Gasteiger partial charge >= 0.3 is 0 Å². The van der Waals surface area contributed by atoms with E-state index in [4.69, 9.17) is 4.98 Å². The van der Waals surface area contributed by atoms with Crippen molar-refractivity contribution in [1.82, 2.24) is 25.2 Å². The van der Waals surface area contributed by atoms with Crippen LogP contribution in [0.15, 0.2) is 36.8 Å². The van der Waals surface area contributed by atoms with Crippen LogP contribution in [0.4, 0.5) is 23.3 Å². The minimum atomic E-state index is -0.213. The van der Waals surface area contributed by atoms with Gasteiger partial charge in [-0.05, 0) is 33.0 Å². The van der Waals surface area contributed by atoms with Crippen LogP contribution in [-0.4, -0.2) is 77.0 Å². The molecular weight excluding hydrogens is 404 g/mol. The number of ketones is 1. The molecule has 0 saturated carbocycles. The predicted molar refractivity (Wildman–Crippen MR) is 126 cm³/mol. The van der Waals surface area contributed by atoms with Gasteiger partial charge in [-0.25, -0.2) is 9.97 Å². The van der Waals surface area contributed by atoms with E-state index in [0.717, 1.165) is 44.1 Å². The number of aromatic nitrogens is 3. The number of fused-ring (bicyclic) bond motifs is 3. The lowest BCUT2D eigenvalue weighted by atomic mass is 9.87. The van der Waals surface area contributed by atoms with Crippen molar-refractivity contribution in [3.63, 3.8) is 0 Å². The highest BCUT2D eigenvalue weighted by Gasteiger charge is 2.45. The van der Waals surface area contributed by atoms with E-state index >= 15 is 0 Å². The van der Waals surface area contributed by atoms with Crippen LogP contribution in [0.25, 0.3) is 0 Å². The fourth-order valence-electron chi connectivity index (χ4n) is 4.68. The van der Waals surface area contributed by atoms with Gasteiger partial charge in [-0.1, -0.05) is 6.58 Å². The quantitative estimate of drug-likeness (QED) is 0.753. The maximum absolute atomic E-state index is 12.8. The number of nitrogens with one attached hydrogen (secondary N) is 2. The van der Waals surface area contributed by atoms with Crippen LogP contribution in [0.3, 0.4) is 0 Å². The first kappa shape index (κ1) is 20.7. The lowest BCUT2D eigenvalue weighted by Gasteiger charge is -2.51. The summed E-state index contributed by atoms with van der Waals surface area (Å²) in [5.74, 6) is 1.80. The number of likely N-dealkylation sites (N-methyl/N-ethyl adjacent to an activating group) is 1. The molecule has 0 spiro atoms. The number of hydrogen-bond acceptors (Lipinski definition) is 9. The molecule has 9 nitrogen and oxygen atoms in total. The molecule has 2 aromatic rings. The molecule has 2 N–H and O–H groups in total. The predicted octanol–water partition coefficient (Wildman–Crippen LogP) is 2.02. The number of anilines is 4. The summed E-state index contributed by atoms with van der Waals surface area (Å²) in [5.41, 5.74) is 2.32. The maximum atomic E-state index is 12.8. The highest BCUT2D eigenvalue weighted by atomic mass is 16.1. The van der Waals surface area contributed by atoms with Crippen molar-refractivity contribution in [2.75, 3.05) is 54.9 Å². The van der Waals surface area contributed by atoms with Crippen molar-refractivity contribution in [3.05, 3.63) is 42.4 Å². The Balaban J connectivity index is 1.39. The first-order valence-electron chi connectivity index (χ1n) is 11.1. The van der Waals surface area contributed by atoms with Gasteiger partial charge in [0, 0.05) is 51.0 Å². The maximum Gasteiger partial charge on any atom is 0.230 e. The summed E-state index contributed by atoms with van der Waals surface area (Å²) >= 11 is 0. The molecule has 1 unspecified atom stereocenters. The lowest BCUT2D eigenvalue weighted by Crippen LogP contribution is -2.64. The molecule has 168 valence electrons. The van der Waals surface area contributed by atoms with Crippen molar-refractivity contribution >= 4 is 29.1 Å². The van der Waals surface area contributed by atoms with Gasteiger partial charge in [-0.3, -0.25) is 4.79 Å². The fourth-order valence-corrected chi connectivity index (χ4v) is 4.68. The monoisotopic (exact) mass is 434 g/mol. The van der Waals surface area contributed by atoms with Crippen LogP contribution >= 0.6 is 0 Å². The SMILES string of the molecule is C=C1NCC(C)(C)N2c3nc(Nc4ccc(N5CCN(C)CC5)cn4)ncc3C(=O)CC12. The van der Waals surface area contributed by atoms with E-state index in [-0.39, 0.29) is 17.4 Å². The van der Waals surface area contributed by atoms with E-state index < -0.39 is 0 Å². The molecule has 1 atom stereocenters. The average Bonchev–Trinajstić information content (AvgIpc) is 2.77. The summed E-state index contributed by atoms with van der Waals surface area (Å²) in [7, 11) is 2.15. The third-order valence-electron chi connectivity index (χ3n) is 6.65. The molecule has 3 aliphatic rings. The number of pyridine rings is 1. The Bertz CT molecular complexity index is 1040. The van der Waals surface area contributed by atoms with Crippen molar-refractivity contribution in [3.8, 4) is 0 Å². The molecule has 2 saturated heterocycles. The van der Waals surface area contributed by atoms with Crippen molar-refractivity contribution in [1.29, 1.82) is 0 Å². The van der Waals surface area contributed by atoms with E-state index in [1.807, 2.05) is 12.3 Å². The molecule has 9 heteroatoms. The number of nitrogens with zero attached hydrogens (tertiary/aromatic N) is 6. The zero-order valence-corrected chi connectivity index (χ0v) is 18.9. The van der Waals surface area contributed by atoms with Crippen LogP contribution in [0.2, 0.25) is 0 Å². The van der Waals surface area contributed by atoms with Gasteiger partial charge in [0.2, 0.25) is 5.95 Å². The smallest absolute Gasteiger partial charge is 0.230 e. The number of hydrogen-bond donors (Lipinski definition) is 2.